The first-order valence-electron chi connectivity index (χ1n) is 8.03. The van der Waals surface area contributed by atoms with Crippen molar-refractivity contribution >= 4 is 16.8 Å². The van der Waals surface area contributed by atoms with Crippen LogP contribution in [0.3, 0.4) is 0 Å². The first-order valence-corrected chi connectivity index (χ1v) is 8.03. The number of carbonyl (C=O) groups excluding carboxylic acids is 1. The summed E-state index contributed by atoms with van der Waals surface area (Å²) in [5.74, 6) is 1.09. The number of rotatable bonds is 1. The van der Waals surface area contributed by atoms with Crippen molar-refractivity contribution < 1.29 is 9.90 Å². The maximum absolute atomic E-state index is 13.0. The van der Waals surface area contributed by atoms with E-state index in [2.05, 4.69) is 10.2 Å². The molecule has 116 valence electrons. The number of aliphatic hydroxyl groups is 1. The number of aromatic amines is 1. The lowest BCUT2D eigenvalue weighted by Crippen LogP contribution is -2.29. The van der Waals surface area contributed by atoms with Crippen molar-refractivity contribution in [3.63, 3.8) is 0 Å². The van der Waals surface area contributed by atoms with Gasteiger partial charge < -0.3 is 10.0 Å². The second-order valence-electron chi connectivity index (χ2n) is 6.84. The summed E-state index contributed by atoms with van der Waals surface area (Å²) in [6.45, 7) is 3.59. The zero-order valence-electron chi connectivity index (χ0n) is 12.7. The molecule has 5 heteroatoms. The number of nitrogens with zero attached hydrogens (tertiary/aromatic N) is 2. The van der Waals surface area contributed by atoms with Crippen LogP contribution in [0.1, 0.15) is 35.2 Å². The van der Waals surface area contributed by atoms with Crippen molar-refractivity contribution in [2.75, 3.05) is 13.1 Å². The maximum atomic E-state index is 13.0. The second-order valence-corrected chi connectivity index (χ2v) is 6.84. The van der Waals surface area contributed by atoms with Gasteiger partial charge in [0.2, 0.25) is 0 Å². The Morgan fingerprint density at radius 3 is 3.00 bits per heavy atom. The minimum Gasteiger partial charge on any atom is -0.393 e. The van der Waals surface area contributed by atoms with Crippen LogP contribution < -0.4 is 0 Å². The molecule has 3 unspecified atom stereocenters. The minimum absolute atomic E-state index is 0.0850. The summed E-state index contributed by atoms with van der Waals surface area (Å²) in [4.78, 5) is 14.9. The predicted molar refractivity (Wildman–Crippen MR) is 83.6 cm³/mol. The summed E-state index contributed by atoms with van der Waals surface area (Å²) in [6.07, 6.45) is 4.32. The number of carbonyl (C=O) groups is 1. The highest BCUT2D eigenvalue weighted by molar-refractivity contribution is 6.05. The third-order valence-corrected chi connectivity index (χ3v) is 5.23. The maximum Gasteiger partial charge on any atom is 0.256 e. The minimum atomic E-state index is -0.186. The Morgan fingerprint density at radius 2 is 2.14 bits per heavy atom. The molecule has 1 aromatic carbocycles. The number of aromatic nitrogens is 2. The molecule has 0 bridgehead atoms. The number of hydrogen-bond donors (Lipinski definition) is 2. The molecule has 1 saturated heterocycles. The van der Waals surface area contributed by atoms with Crippen LogP contribution in [0.2, 0.25) is 0 Å². The monoisotopic (exact) mass is 299 g/mol. The first kappa shape index (κ1) is 13.8. The molecule has 1 saturated carbocycles. The lowest BCUT2D eigenvalue weighted by atomic mass is 9.80. The van der Waals surface area contributed by atoms with Crippen LogP contribution in [-0.4, -0.2) is 45.3 Å². The molecule has 2 fully saturated rings. The molecule has 4 rings (SSSR count). The summed E-state index contributed by atoms with van der Waals surface area (Å²) >= 11 is 0. The van der Waals surface area contributed by atoms with Gasteiger partial charge in [-0.15, -0.1) is 0 Å². The molecule has 1 aliphatic heterocycles. The van der Waals surface area contributed by atoms with Gasteiger partial charge in [-0.05, 0) is 55.7 Å². The zero-order valence-corrected chi connectivity index (χ0v) is 12.7. The molecule has 1 aliphatic carbocycles. The van der Waals surface area contributed by atoms with Crippen LogP contribution in [0.25, 0.3) is 10.9 Å². The van der Waals surface area contributed by atoms with Crippen LogP contribution in [0.15, 0.2) is 18.3 Å². The van der Waals surface area contributed by atoms with Crippen molar-refractivity contribution in [3.8, 4) is 0 Å². The zero-order chi connectivity index (χ0) is 15.3. The Kier molecular flexibility index (Phi) is 3.18. The molecule has 2 aromatic rings. The number of nitrogens with one attached hydrogen (secondary N) is 1. The highest BCUT2D eigenvalue weighted by Gasteiger charge is 2.39. The fourth-order valence-corrected chi connectivity index (χ4v) is 4.12. The van der Waals surface area contributed by atoms with E-state index < -0.39 is 0 Å². The third-order valence-electron chi connectivity index (χ3n) is 5.23. The molecule has 1 aromatic heterocycles. The number of aliphatic hydroxyl groups excluding tert-OH is 1. The van der Waals surface area contributed by atoms with Crippen molar-refractivity contribution in [3.05, 3.63) is 29.5 Å². The van der Waals surface area contributed by atoms with Gasteiger partial charge in [-0.1, -0.05) is 0 Å². The summed E-state index contributed by atoms with van der Waals surface area (Å²) < 4.78 is 0. The Bertz CT molecular complexity index is 724. The molecule has 1 amide bonds. The number of H-pyrrole nitrogens is 1. The number of amides is 1. The highest BCUT2D eigenvalue weighted by Crippen LogP contribution is 2.37. The van der Waals surface area contributed by atoms with Gasteiger partial charge in [0.1, 0.15) is 0 Å². The van der Waals surface area contributed by atoms with Gasteiger partial charge >= 0.3 is 0 Å². The normalized spacial score (nSPS) is 28.1. The molecule has 3 atom stereocenters. The Morgan fingerprint density at radius 1 is 1.32 bits per heavy atom. The van der Waals surface area contributed by atoms with E-state index in [1.165, 1.54) is 0 Å². The van der Waals surface area contributed by atoms with Gasteiger partial charge in [-0.3, -0.25) is 9.89 Å². The van der Waals surface area contributed by atoms with Crippen LogP contribution in [-0.2, 0) is 0 Å². The standard InChI is InChI=1S/C17H21N3O2/c1-10-4-12-7-18-19-16(12)15(5-10)17(22)20-8-11-2-3-14(21)6-13(11)9-20/h4-5,7,11,13-14,21H,2-3,6,8-9H2,1H3,(H,18,19). The second kappa shape index (κ2) is 5.09. The fraction of sp³-hybridized carbons (Fsp3) is 0.529. The number of benzene rings is 1. The Balaban J connectivity index is 1.63. The van der Waals surface area contributed by atoms with Gasteiger partial charge in [0.15, 0.2) is 0 Å². The SMILES string of the molecule is Cc1cc(C(=O)N2CC3CCC(O)CC3C2)c2[nH]ncc2c1. The van der Waals surface area contributed by atoms with Gasteiger partial charge in [-0.25, -0.2) is 0 Å². The molecule has 22 heavy (non-hydrogen) atoms. The van der Waals surface area contributed by atoms with E-state index in [-0.39, 0.29) is 12.0 Å². The van der Waals surface area contributed by atoms with E-state index in [4.69, 9.17) is 0 Å². The predicted octanol–water partition coefficient (Wildman–Crippen LogP) is 2.10. The topological polar surface area (TPSA) is 69.2 Å². The third kappa shape index (κ3) is 2.20. The van der Waals surface area contributed by atoms with Crippen LogP contribution in [0.4, 0.5) is 0 Å². The largest absolute Gasteiger partial charge is 0.393 e. The van der Waals surface area contributed by atoms with Crippen molar-refractivity contribution in [1.82, 2.24) is 15.1 Å². The molecule has 2 N–H and O–H groups in total. The summed E-state index contributed by atoms with van der Waals surface area (Å²) in [5, 5.41) is 17.8. The van der Waals surface area contributed by atoms with Gasteiger partial charge in [0.05, 0.1) is 23.4 Å². The summed E-state index contributed by atoms with van der Waals surface area (Å²) in [6, 6.07) is 3.98. The van der Waals surface area contributed by atoms with E-state index in [0.717, 1.165) is 48.8 Å². The molecule has 5 nitrogen and oxygen atoms in total. The van der Waals surface area contributed by atoms with E-state index in [9.17, 15) is 9.90 Å². The van der Waals surface area contributed by atoms with E-state index in [0.29, 0.717) is 17.4 Å². The number of fused-ring (bicyclic) bond motifs is 2. The van der Waals surface area contributed by atoms with Crippen molar-refractivity contribution in [2.24, 2.45) is 11.8 Å². The number of hydrogen-bond acceptors (Lipinski definition) is 3. The lowest BCUT2D eigenvalue weighted by molar-refractivity contribution is 0.0777. The van der Waals surface area contributed by atoms with Crippen molar-refractivity contribution in [2.45, 2.75) is 32.3 Å². The first-order chi connectivity index (χ1) is 10.6. The number of likely N-dealkylation sites (tertiary alicyclic amines) is 1. The lowest BCUT2D eigenvalue weighted by Gasteiger charge is -2.27. The molecule has 2 aliphatic rings. The highest BCUT2D eigenvalue weighted by atomic mass is 16.3. The molecular formula is C17H21N3O2. The van der Waals surface area contributed by atoms with E-state index >= 15 is 0 Å². The molecule has 2 heterocycles. The van der Waals surface area contributed by atoms with Crippen LogP contribution in [0, 0.1) is 18.8 Å². The van der Waals surface area contributed by atoms with Crippen LogP contribution in [0.5, 0.6) is 0 Å². The quantitative estimate of drug-likeness (QED) is 0.847. The van der Waals surface area contributed by atoms with Gasteiger partial charge in [-0.2, -0.15) is 5.10 Å². The van der Waals surface area contributed by atoms with Gasteiger partial charge in [0.25, 0.3) is 5.91 Å². The van der Waals surface area contributed by atoms with E-state index in [1.54, 1.807) is 6.20 Å². The fourth-order valence-electron chi connectivity index (χ4n) is 4.12. The van der Waals surface area contributed by atoms with Gasteiger partial charge in [0, 0.05) is 18.5 Å². The Hall–Kier alpha value is -1.88. The summed E-state index contributed by atoms with van der Waals surface area (Å²) in [5.41, 5.74) is 2.61. The average Bonchev–Trinajstić information content (AvgIpc) is 3.11. The molecule has 0 radical (unpaired) electrons. The molecule has 0 spiro atoms. The van der Waals surface area contributed by atoms with E-state index in [1.807, 2.05) is 24.0 Å². The average molecular weight is 299 g/mol. The van der Waals surface area contributed by atoms with Crippen molar-refractivity contribution in [1.29, 1.82) is 0 Å². The Labute approximate surface area is 129 Å². The number of aryl methyl sites for hydroxylation is 1. The smallest absolute Gasteiger partial charge is 0.256 e. The summed E-state index contributed by atoms with van der Waals surface area (Å²) in [7, 11) is 0. The molecular weight excluding hydrogens is 278 g/mol. The van der Waals surface area contributed by atoms with Crippen LogP contribution >= 0.6 is 0 Å².